The lowest BCUT2D eigenvalue weighted by Crippen LogP contribution is -2.23. The summed E-state index contributed by atoms with van der Waals surface area (Å²) in [6.45, 7) is 0. The van der Waals surface area contributed by atoms with Crippen molar-refractivity contribution in [1.29, 1.82) is 0 Å². The van der Waals surface area contributed by atoms with E-state index in [0.717, 1.165) is 11.7 Å². The van der Waals surface area contributed by atoms with Crippen molar-refractivity contribution >= 4 is 0 Å². The van der Waals surface area contributed by atoms with E-state index in [4.69, 9.17) is 4.74 Å². The third-order valence-electron chi connectivity index (χ3n) is 3.55. The van der Waals surface area contributed by atoms with Crippen molar-refractivity contribution in [3.8, 4) is 5.75 Å². The SMILES string of the molecule is CNC(CC1CCC1)c1ccncc1OC. The number of aromatic nitrogens is 1. The van der Waals surface area contributed by atoms with Crippen molar-refractivity contribution in [3.63, 3.8) is 0 Å². The predicted molar refractivity (Wildman–Crippen MR) is 64.5 cm³/mol. The molecule has 0 spiro atoms. The molecule has 1 heterocycles. The molecule has 1 saturated carbocycles. The summed E-state index contributed by atoms with van der Waals surface area (Å²) in [5.74, 6) is 1.77. The van der Waals surface area contributed by atoms with E-state index in [2.05, 4.69) is 16.4 Å². The average Bonchev–Trinajstić information content (AvgIpc) is 2.28. The molecule has 3 nitrogen and oxygen atoms in total. The normalized spacial score (nSPS) is 17.9. The summed E-state index contributed by atoms with van der Waals surface area (Å²) < 4.78 is 5.36. The molecule has 1 aromatic heterocycles. The third kappa shape index (κ3) is 2.35. The Morgan fingerprint density at radius 3 is 2.94 bits per heavy atom. The molecule has 0 radical (unpaired) electrons. The van der Waals surface area contributed by atoms with Crippen LogP contribution in [0.25, 0.3) is 0 Å². The van der Waals surface area contributed by atoms with Crippen molar-refractivity contribution in [3.05, 3.63) is 24.0 Å². The van der Waals surface area contributed by atoms with Crippen LogP contribution in [0.1, 0.15) is 37.3 Å². The first-order valence-electron chi connectivity index (χ1n) is 6.00. The Labute approximate surface area is 97.2 Å². The minimum Gasteiger partial charge on any atom is -0.495 e. The molecule has 16 heavy (non-hydrogen) atoms. The summed E-state index contributed by atoms with van der Waals surface area (Å²) in [4.78, 5) is 4.09. The molecule has 1 N–H and O–H groups in total. The molecule has 2 rings (SSSR count). The maximum atomic E-state index is 5.36. The van der Waals surface area contributed by atoms with Crippen molar-refractivity contribution in [2.24, 2.45) is 5.92 Å². The molecule has 1 atom stereocenters. The van der Waals surface area contributed by atoms with Gasteiger partial charge in [-0.2, -0.15) is 0 Å². The monoisotopic (exact) mass is 220 g/mol. The van der Waals surface area contributed by atoms with Crippen LogP contribution in [0.4, 0.5) is 0 Å². The summed E-state index contributed by atoms with van der Waals surface area (Å²) in [5, 5.41) is 3.38. The van der Waals surface area contributed by atoms with Gasteiger partial charge in [0.2, 0.25) is 0 Å². The van der Waals surface area contributed by atoms with E-state index in [9.17, 15) is 0 Å². The molecule has 0 amide bonds. The summed E-state index contributed by atoms with van der Waals surface area (Å²) in [6, 6.07) is 2.45. The quantitative estimate of drug-likeness (QED) is 0.828. The molecule has 1 aromatic rings. The topological polar surface area (TPSA) is 34.2 Å². The number of ether oxygens (including phenoxy) is 1. The molecule has 3 heteroatoms. The van der Waals surface area contributed by atoms with Gasteiger partial charge in [-0.1, -0.05) is 19.3 Å². The number of hydrogen-bond donors (Lipinski definition) is 1. The van der Waals surface area contributed by atoms with E-state index in [-0.39, 0.29) is 0 Å². The van der Waals surface area contributed by atoms with Crippen LogP contribution in [0, 0.1) is 5.92 Å². The first kappa shape index (κ1) is 11.4. The number of pyridine rings is 1. The van der Waals surface area contributed by atoms with E-state index in [1.807, 2.05) is 13.2 Å². The van der Waals surface area contributed by atoms with Crippen LogP contribution in [0.5, 0.6) is 5.75 Å². The second kappa shape index (κ2) is 5.30. The highest BCUT2D eigenvalue weighted by molar-refractivity contribution is 5.32. The second-order valence-corrected chi connectivity index (χ2v) is 4.49. The van der Waals surface area contributed by atoms with Crippen LogP contribution in [0.15, 0.2) is 18.5 Å². The Bertz CT molecular complexity index is 336. The largest absolute Gasteiger partial charge is 0.495 e. The fourth-order valence-electron chi connectivity index (χ4n) is 2.31. The highest BCUT2D eigenvalue weighted by atomic mass is 16.5. The van der Waals surface area contributed by atoms with Crippen molar-refractivity contribution in [2.45, 2.75) is 31.7 Å². The smallest absolute Gasteiger partial charge is 0.141 e. The van der Waals surface area contributed by atoms with Gasteiger partial charge in [0.1, 0.15) is 5.75 Å². The van der Waals surface area contributed by atoms with E-state index in [1.165, 1.54) is 31.2 Å². The van der Waals surface area contributed by atoms with Crippen molar-refractivity contribution < 1.29 is 4.74 Å². The van der Waals surface area contributed by atoms with Crippen LogP contribution in [-0.2, 0) is 0 Å². The van der Waals surface area contributed by atoms with E-state index >= 15 is 0 Å². The van der Waals surface area contributed by atoms with Gasteiger partial charge in [-0.15, -0.1) is 0 Å². The summed E-state index contributed by atoms with van der Waals surface area (Å²) in [6.07, 6.45) is 8.99. The molecule has 1 aliphatic rings. The van der Waals surface area contributed by atoms with Crippen molar-refractivity contribution in [2.75, 3.05) is 14.2 Å². The summed E-state index contributed by atoms with van der Waals surface area (Å²) >= 11 is 0. The molecule has 0 saturated heterocycles. The summed E-state index contributed by atoms with van der Waals surface area (Å²) in [7, 11) is 3.72. The van der Waals surface area contributed by atoms with Gasteiger partial charge in [-0.25, -0.2) is 0 Å². The van der Waals surface area contributed by atoms with Crippen LogP contribution in [0.2, 0.25) is 0 Å². The molecular weight excluding hydrogens is 200 g/mol. The van der Waals surface area contributed by atoms with Gasteiger partial charge in [-0.3, -0.25) is 4.98 Å². The number of hydrogen-bond acceptors (Lipinski definition) is 3. The van der Waals surface area contributed by atoms with Gasteiger partial charge in [0.25, 0.3) is 0 Å². The Hall–Kier alpha value is -1.09. The van der Waals surface area contributed by atoms with Gasteiger partial charge >= 0.3 is 0 Å². The van der Waals surface area contributed by atoms with Gasteiger partial charge < -0.3 is 10.1 Å². The van der Waals surface area contributed by atoms with E-state index in [1.54, 1.807) is 13.3 Å². The first-order chi connectivity index (χ1) is 7.85. The second-order valence-electron chi connectivity index (χ2n) is 4.49. The standard InChI is InChI=1S/C13H20N2O/c1-14-12(8-10-4-3-5-10)11-6-7-15-9-13(11)16-2/h6-7,9-10,12,14H,3-5,8H2,1-2H3. The Balaban J connectivity index is 2.11. The fourth-order valence-corrected chi connectivity index (χ4v) is 2.31. The van der Waals surface area contributed by atoms with E-state index in [0.29, 0.717) is 6.04 Å². The summed E-state index contributed by atoms with van der Waals surface area (Å²) in [5.41, 5.74) is 1.23. The minimum atomic E-state index is 0.392. The number of nitrogens with one attached hydrogen (secondary N) is 1. The highest BCUT2D eigenvalue weighted by Gasteiger charge is 2.23. The lowest BCUT2D eigenvalue weighted by atomic mass is 9.79. The van der Waals surface area contributed by atoms with Crippen LogP contribution in [0.3, 0.4) is 0 Å². The van der Waals surface area contributed by atoms with Gasteiger partial charge in [-0.05, 0) is 25.5 Å². The Kier molecular flexibility index (Phi) is 3.78. The molecule has 88 valence electrons. The minimum absolute atomic E-state index is 0.392. The molecular formula is C13H20N2O. The molecule has 0 aromatic carbocycles. The Morgan fingerprint density at radius 1 is 1.56 bits per heavy atom. The van der Waals surface area contributed by atoms with Crippen LogP contribution >= 0.6 is 0 Å². The van der Waals surface area contributed by atoms with Crippen LogP contribution < -0.4 is 10.1 Å². The fraction of sp³-hybridized carbons (Fsp3) is 0.615. The molecule has 0 aliphatic heterocycles. The zero-order valence-corrected chi connectivity index (χ0v) is 10.1. The number of nitrogens with zero attached hydrogens (tertiary/aromatic N) is 1. The highest BCUT2D eigenvalue weighted by Crippen LogP contribution is 2.36. The first-order valence-corrected chi connectivity index (χ1v) is 6.00. The lowest BCUT2D eigenvalue weighted by molar-refractivity contribution is 0.263. The van der Waals surface area contributed by atoms with Gasteiger partial charge in [0, 0.05) is 17.8 Å². The maximum absolute atomic E-state index is 5.36. The zero-order valence-electron chi connectivity index (χ0n) is 10.1. The Morgan fingerprint density at radius 2 is 2.38 bits per heavy atom. The predicted octanol–water partition coefficient (Wildman–Crippen LogP) is 2.54. The third-order valence-corrected chi connectivity index (χ3v) is 3.55. The van der Waals surface area contributed by atoms with Gasteiger partial charge in [0.15, 0.2) is 0 Å². The molecule has 1 aliphatic carbocycles. The molecule has 1 fully saturated rings. The maximum Gasteiger partial charge on any atom is 0.141 e. The van der Waals surface area contributed by atoms with Gasteiger partial charge in [0.05, 0.1) is 13.3 Å². The number of methoxy groups -OCH3 is 1. The number of rotatable bonds is 5. The van der Waals surface area contributed by atoms with Crippen LogP contribution in [-0.4, -0.2) is 19.1 Å². The zero-order chi connectivity index (χ0) is 11.4. The molecule has 0 bridgehead atoms. The average molecular weight is 220 g/mol. The van der Waals surface area contributed by atoms with Crippen molar-refractivity contribution in [1.82, 2.24) is 10.3 Å². The lowest BCUT2D eigenvalue weighted by Gasteiger charge is -2.30. The molecule has 1 unspecified atom stereocenters. The van der Waals surface area contributed by atoms with E-state index < -0.39 is 0 Å².